The van der Waals surface area contributed by atoms with E-state index in [4.69, 9.17) is 10.8 Å². The highest BCUT2D eigenvalue weighted by atomic mass is 16.4. The largest absolute Gasteiger partial charge is 0.481 e. The van der Waals surface area contributed by atoms with Crippen LogP contribution in [0, 0.1) is 5.92 Å². The summed E-state index contributed by atoms with van der Waals surface area (Å²) in [6, 6.07) is -2.70. The molecule has 3 atom stereocenters. The minimum Gasteiger partial charge on any atom is -0.481 e. The van der Waals surface area contributed by atoms with E-state index in [9.17, 15) is 24.0 Å². The van der Waals surface area contributed by atoms with Crippen molar-refractivity contribution in [2.75, 3.05) is 6.54 Å². The van der Waals surface area contributed by atoms with Crippen LogP contribution >= 0.6 is 0 Å². The third-order valence-corrected chi connectivity index (χ3v) is 5.30. The van der Waals surface area contributed by atoms with E-state index in [2.05, 4.69) is 28.2 Å². The molecule has 34 heavy (non-hydrogen) atoms. The number of urea groups is 1. The Balaban J connectivity index is 4.98. The highest BCUT2D eigenvalue weighted by Crippen LogP contribution is 2.08. The summed E-state index contributed by atoms with van der Waals surface area (Å²) in [5.74, 6) is -2.59. The summed E-state index contributed by atoms with van der Waals surface area (Å²) < 4.78 is 0. The van der Waals surface area contributed by atoms with Gasteiger partial charge in [-0.25, -0.2) is 4.79 Å². The summed E-state index contributed by atoms with van der Waals surface area (Å²) in [7, 11) is 0. The lowest BCUT2D eigenvalue weighted by molar-refractivity contribution is -0.138. The Morgan fingerprint density at radius 1 is 0.824 bits per heavy atom. The molecule has 0 aromatic rings. The first kappa shape index (κ1) is 31.1. The number of hydrogen-bond acceptors (Lipinski definition) is 5. The Labute approximate surface area is 202 Å². The number of primary amides is 1. The molecule has 0 aliphatic carbocycles. The Bertz CT molecular complexity index is 670. The van der Waals surface area contributed by atoms with Gasteiger partial charge in [-0.2, -0.15) is 0 Å². The standard InChI is InChI=1S/C23H43N5O6/c1-5-6-7-8-11-18(29)27-17(12-13-19(30)31)21(32)28-20(15(2)3)22(33)26-16(4)10-9-14-25-23(24)34/h15-17,20H,5-14H2,1-4H3,(H,26,33)(H,27,29)(H,28,32)(H,30,31)(H3,24,25,34)/t16-,17+,20+/m1/s1. The van der Waals surface area contributed by atoms with E-state index in [1.165, 1.54) is 0 Å². The SMILES string of the molecule is CCCCCCC(=O)N[C@@H](CCC(=O)O)C(=O)N[C@H](C(=O)N[C@H](C)CCCNC(N)=O)C(C)C. The zero-order valence-electron chi connectivity index (χ0n) is 20.9. The summed E-state index contributed by atoms with van der Waals surface area (Å²) in [5.41, 5.74) is 5.02. The Hall–Kier alpha value is -2.85. The molecule has 0 unspecified atom stereocenters. The molecule has 11 heteroatoms. The van der Waals surface area contributed by atoms with Crippen molar-refractivity contribution in [3.8, 4) is 0 Å². The fourth-order valence-corrected chi connectivity index (χ4v) is 3.33. The number of hydrogen-bond donors (Lipinski definition) is 6. The number of unbranched alkanes of at least 4 members (excludes halogenated alkanes) is 3. The summed E-state index contributed by atoms with van der Waals surface area (Å²) in [4.78, 5) is 59.7. The van der Waals surface area contributed by atoms with Crippen LogP contribution in [0.5, 0.6) is 0 Å². The van der Waals surface area contributed by atoms with E-state index in [0.29, 0.717) is 25.8 Å². The lowest BCUT2D eigenvalue weighted by atomic mass is 10.0. The van der Waals surface area contributed by atoms with Crippen LogP contribution < -0.4 is 27.0 Å². The molecule has 0 aromatic heterocycles. The number of aliphatic carboxylic acids is 1. The summed E-state index contributed by atoms with van der Waals surface area (Å²) in [6.45, 7) is 7.84. The molecule has 0 spiro atoms. The number of carboxylic acid groups (broad SMARTS) is 1. The van der Waals surface area contributed by atoms with Crippen LogP contribution in [0.4, 0.5) is 4.79 Å². The second-order valence-electron chi connectivity index (χ2n) is 8.94. The third-order valence-electron chi connectivity index (χ3n) is 5.30. The lowest BCUT2D eigenvalue weighted by Crippen LogP contribution is -2.56. The Morgan fingerprint density at radius 2 is 1.50 bits per heavy atom. The predicted octanol–water partition coefficient (Wildman–Crippen LogP) is 1.40. The Morgan fingerprint density at radius 3 is 2.06 bits per heavy atom. The maximum Gasteiger partial charge on any atom is 0.312 e. The molecule has 0 saturated carbocycles. The minimum atomic E-state index is -1.08. The molecule has 0 fully saturated rings. The summed E-state index contributed by atoms with van der Waals surface area (Å²) >= 11 is 0. The molecule has 0 radical (unpaired) electrons. The molecule has 0 saturated heterocycles. The monoisotopic (exact) mass is 485 g/mol. The molecular formula is C23H43N5O6. The van der Waals surface area contributed by atoms with Crippen LogP contribution in [-0.4, -0.2) is 59.5 Å². The molecule has 0 aliphatic heterocycles. The average Bonchev–Trinajstić information content (AvgIpc) is 2.74. The van der Waals surface area contributed by atoms with Crippen molar-refractivity contribution in [3.63, 3.8) is 0 Å². The van der Waals surface area contributed by atoms with Gasteiger partial charge in [0.1, 0.15) is 12.1 Å². The van der Waals surface area contributed by atoms with E-state index in [1.54, 1.807) is 13.8 Å². The van der Waals surface area contributed by atoms with Crippen molar-refractivity contribution in [2.24, 2.45) is 11.7 Å². The van der Waals surface area contributed by atoms with Crippen molar-refractivity contribution < 1.29 is 29.1 Å². The molecule has 0 aliphatic rings. The van der Waals surface area contributed by atoms with Crippen LogP contribution in [0.2, 0.25) is 0 Å². The molecule has 196 valence electrons. The van der Waals surface area contributed by atoms with Gasteiger partial charge in [-0.15, -0.1) is 0 Å². The van der Waals surface area contributed by atoms with Crippen molar-refractivity contribution in [3.05, 3.63) is 0 Å². The van der Waals surface area contributed by atoms with Gasteiger partial charge in [-0.05, 0) is 38.5 Å². The molecule has 0 rings (SSSR count). The highest BCUT2D eigenvalue weighted by Gasteiger charge is 2.29. The maximum absolute atomic E-state index is 12.9. The zero-order chi connectivity index (χ0) is 26.1. The van der Waals surface area contributed by atoms with Gasteiger partial charge < -0.3 is 32.1 Å². The number of nitrogens with two attached hydrogens (primary N) is 1. The first-order valence-corrected chi connectivity index (χ1v) is 12.1. The quantitative estimate of drug-likeness (QED) is 0.160. The van der Waals surface area contributed by atoms with Gasteiger partial charge in [0.15, 0.2) is 0 Å². The van der Waals surface area contributed by atoms with Gasteiger partial charge in [-0.1, -0.05) is 40.0 Å². The maximum atomic E-state index is 12.9. The number of carbonyl (C=O) groups is 5. The average molecular weight is 486 g/mol. The fraction of sp³-hybridized carbons (Fsp3) is 0.783. The molecule has 7 N–H and O–H groups in total. The number of amides is 5. The van der Waals surface area contributed by atoms with Crippen LogP contribution in [0.3, 0.4) is 0 Å². The van der Waals surface area contributed by atoms with Crippen LogP contribution in [0.15, 0.2) is 0 Å². The number of carbonyl (C=O) groups excluding carboxylic acids is 4. The van der Waals surface area contributed by atoms with Crippen molar-refractivity contribution in [1.29, 1.82) is 0 Å². The number of nitrogens with one attached hydrogen (secondary N) is 4. The topological polar surface area (TPSA) is 180 Å². The van der Waals surface area contributed by atoms with E-state index in [-0.39, 0.29) is 43.0 Å². The molecule has 0 bridgehead atoms. The van der Waals surface area contributed by atoms with Gasteiger partial charge in [0.25, 0.3) is 0 Å². The Kier molecular flexibility index (Phi) is 16.1. The van der Waals surface area contributed by atoms with E-state index in [0.717, 1.165) is 19.3 Å². The molecule has 0 heterocycles. The highest BCUT2D eigenvalue weighted by molar-refractivity contribution is 5.92. The van der Waals surface area contributed by atoms with Crippen LogP contribution in [-0.2, 0) is 19.2 Å². The van der Waals surface area contributed by atoms with E-state index in [1.807, 2.05) is 6.92 Å². The van der Waals surface area contributed by atoms with Crippen molar-refractivity contribution in [1.82, 2.24) is 21.3 Å². The van der Waals surface area contributed by atoms with Gasteiger partial charge in [0, 0.05) is 25.4 Å². The smallest absolute Gasteiger partial charge is 0.312 e. The van der Waals surface area contributed by atoms with Crippen molar-refractivity contribution in [2.45, 2.75) is 104 Å². The summed E-state index contributed by atoms with van der Waals surface area (Å²) in [6.07, 6.45) is 4.76. The zero-order valence-corrected chi connectivity index (χ0v) is 20.9. The number of carboxylic acids is 1. The van der Waals surface area contributed by atoms with E-state index < -0.39 is 30.0 Å². The van der Waals surface area contributed by atoms with Crippen LogP contribution in [0.25, 0.3) is 0 Å². The molecule has 5 amide bonds. The first-order valence-electron chi connectivity index (χ1n) is 12.1. The molecular weight excluding hydrogens is 442 g/mol. The van der Waals surface area contributed by atoms with E-state index >= 15 is 0 Å². The first-order chi connectivity index (χ1) is 16.0. The summed E-state index contributed by atoms with van der Waals surface area (Å²) in [5, 5.41) is 19.6. The van der Waals surface area contributed by atoms with Gasteiger partial charge >= 0.3 is 12.0 Å². The van der Waals surface area contributed by atoms with Gasteiger partial charge in [0.05, 0.1) is 0 Å². The second kappa shape index (κ2) is 17.6. The van der Waals surface area contributed by atoms with Crippen LogP contribution in [0.1, 0.15) is 85.5 Å². The molecule has 11 nitrogen and oxygen atoms in total. The number of rotatable bonds is 18. The van der Waals surface area contributed by atoms with Crippen molar-refractivity contribution >= 4 is 29.7 Å². The normalized spacial score (nSPS) is 13.4. The fourth-order valence-electron chi connectivity index (χ4n) is 3.33. The second-order valence-corrected chi connectivity index (χ2v) is 8.94. The third kappa shape index (κ3) is 15.1. The molecule has 0 aromatic carbocycles. The van der Waals surface area contributed by atoms with Gasteiger partial charge in [-0.3, -0.25) is 19.2 Å². The lowest BCUT2D eigenvalue weighted by Gasteiger charge is -2.26. The minimum absolute atomic E-state index is 0.0719. The van der Waals surface area contributed by atoms with Gasteiger partial charge in [0.2, 0.25) is 17.7 Å². The predicted molar refractivity (Wildman–Crippen MR) is 129 cm³/mol.